The first-order valence-electron chi connectivity index (χ1n) is 5.04. The average Bonchev–Trinajstić information content (AvgIpc) is 2.23. The van der Waals surface area contributed by atoms with Gasteiger partial charge in [-0.15, -0.1) is 0 Å². The van der Waals surface area contributed by atoms with Crippen molar-refractivity contribution in [2.45, 2.75) is 31.8 Å². The summed E-state index contributed by atoms with van der Waals surface area (Å²) < 4.78 is 0. The first kappa shape index (κ1) is 14.4. The standard InChI is InChI=1S/C9H19N5O2/c1-6(5-15)14-8(16)7(10)3-2-4-13-9(11)12/h5-7H,2-4,10H2,1H3,(H,14,16)(H4,11,12,13)/t6-,7+/m0/s1. The quantitative estimate of drug-likeness (QED) is 0.174. The number of amides is 1. The number of nitrogens with zero attached hydrogens (tertiary/aromatic N) is 1. The lowest BCUT2D eigenvalue weighted by molar-refractivity contribution is -0.125. The number of rotatable bonds is 7. The van der Waals surface area contributed by atoms with Crippen LogP contribution in [0.1, 0.15) is 19.8 Å². The molecule has 7 nitrogen and oxygen atoms in total. The first-order valence-corrected chi connectivity index (χ1v) is 5.04. The highest BCUT2D eigenvalue weighted by atomic mass is 16.2. The van der Waals surface area contributed by atoms with E-state index in [1.165, 1.54) is 0 Å². The Morgan fingerprint density at radius 3 is 2.62 bits per heavy atom. The minimum absolute atomic E-state index is 0.0209. The third-order valence-corrected chi connectivity index (χ3v) is 1.88. The molecule has 1 amide bonds. The van der Waals surface area contributed by atoms with E-state index in [0.29, 0.717) is 25.7 Å². The number of hydrogen-bond donors (Lipinski definition) is 4. The maximum Gasteiger partial charge on any atom is 0.237 e. The number of hydrogen-bond acceptors (Lipinski definition) is 4. The van der Waals surface area contributed by atoms with Crippen LogP contribution in [0.25, 0.3) is 0 Å². The van der Waals surface area contributed by atoms with Gasteiger partial charge in [-0.25, -0.2) is 0 Å². The Morgan fingerprint density at radius 2 is 2.12 bits per heavy atom. The van der Waals surface area contributed by atoms with Gasteiger partial charge in [0, 0.05) is 6.54 Å². The number of guanidine groups is 1. The summed E-state index contributed by atoms with van der Waals surface area (Å²) >= 11 is 0. The van der Waals surface area contributed by atoms with Gasteiger partial charge in [0.05, 0.1) is 12.1 Å². The molecule has 0 radical (unpaired) electrons. The Hall–Kier alpha value is -1.63. The van der Waals surface area contributed by atoms with Crippen LogP contribution in [0.15, 0.2) is 4.99 Å². The molecule has 0 aromatic heterocycles. The van der Waals surface area contributed by atoms with Gasteiger partial charge in [-0.1, -0.05) is 0 Å². The van der Waals surface area contributed by atoms with Crippen molar-refractivity contribution in [3.63, 3.8) is 0 Å². The average molecular weight is 229 g/mol. The van der Waals surface area contributed by atoms with Gasteiger partial charge in [-0.05, 0) is 19.8 Å². The Labute approximate surface area is 94.4 Å². The van der Waals surface area contributed by atoms with E-state index >= 15 is 0 Å². The number of carbonyl (C=O) groups is 2. The summed E-state index contributed by atoms with van der Waals surface area (Å²) in [6.07, 6.45) is 1.72. The van der Waals surface area contributed by atoms with Crippen molar-refractivity contribution in [2.24, 2.45) is 22.2 Å². The fraction of sp³-hybridized carbons (Fsp3) is 0.667. The zero-order valence-electron chi connectivity index (χ0n) is 9.35. The van der Waals surface area contributed by atoms with Crippen LogP contribution in [0.3, 0.4) is 0 Å². The second-order valence-electron chi connectivity index (χ2n) is 3.49. The van der Waals surface area contributed by atoms with Crippen molar-refractivity contribution in [1.82, 2.24) is 5.32 Å². The van der Waals surface area contributed by atoms with Crippen molar-refractivity contribution in [2.75, 3.05) is 6.54 Å². The Balaban J connectivity index is 3.79. The summed E-state index contributed by atoms with van der Waals surface area (Å²) in [5, 5.41) is 2.46. The zero-order valence-corrected chi connectivity index (χ0v) is 9.35. The van der Waals surface area contributed by atoms with E-state index in [-0.39, 0.29) is 11.9 Å². The van der Waals surface area contributed by atoms with Crippen LogP contribution in [0.4, 0.5) is 0 Å². The van der Waals surface area contributed by atoms with Crippen LogP contribution in [0.2, 0.25) is 0 Å². The van der Waals surface area contributed by atoms with E-state index in [9.17, 15) is 9.59 Å². The minimum atomic E-state index is -0.642. The predicted molar refractivity (Wildman–Crippen MR) is 61.6 cm³/mol. The van der Waals surface area contributed by atoms with Crippen molar-refractivity contribution < 1.29 is 9.59 Å². The molecule has 0 fully saturated rings. The molecule has 16 heavy (non-hydrogen) atoms. The summed E-state index contributed by atoms with van der Waals surface area (Å²) in [4.78, 5) is 25.4. The lowest BCUT2D eigenvalue weighted by Crippen LogP contribution is -2.44. The van der Waals surface area contributed by atoms with E-state index in [4.69, 9.17) is 17.2 Å². The maximum atomic E-state index is 11.4. The van der Waals surface area contributed by atoms with Gasteiger partial charge in [-0.3, -0.25) is 9.79 Å². The fourth-order valence-corrected chi connectivity index (χ4v) is 1.02. The van der Waals surface area contributed by atoms with Gasteiger partial charge in [-0.2, -0.15) is 0 Å². The molecule has 0 saturated carbocycles. The van der Waals surface area contributed by atoms with Crippen molar-refractivity contribution >= 4 is 18.2 Å². The number of nitrogens with one attached hydrogen (secondary N) is 1. The Bertz CT molecular complexity index is 263. The van der Waals surface area contributed by atoms with E-state index in [2.05, 4.69) is 10.3 Å². The predicted octanol–water partition coefficient (Wildman–Crippen LogP) is -1.93. The largest absolute Gasteiger partial charge is 0.370 e. The molecule has 0 aliphatic rings. The second-order valence-corrected chi connectivity index (χ2v) is 3.49. The van der Waals surface area contributed by atoms with Gasteiger partial charge >= 0.3 is 0 Å². The van der Waals surface area contributed by atoms with E-state index in [0.717, 1.165) is 0 Å². The summed E-state index contributed by atoms with van der Waals surface area (Å²) in [5.41, 5.74) is 15.9. The Morgan fingerprint density at radius 1 is 1.50 bits per heavy atom. The van der Waals surface area contributed by atoms with Crippen LogP contribution in [0, 0.1) is 0 Å². The number of aliphatic imine (C=N–C) groups is 1. The van der Waals surface area contributed by atoms with Crippen LogP contribution in [-0.2, 0) is 9.59 Å². The molecular formula is C9H19N5O2. The Kier molecular flexibility index (Phi) is 6.86. The molecule has 0 spiro atoms. The number of nitrogens with two attached hydrogens (primary N) is 3. The van der Waals surface area contributed by atoms with Gasteiger partial charge in [0.2, 0.25) is 5.91 Å². The summed E-state index contributed by atoms with van der Waals surface area (Å²) in [6, 6.07) is -1.16. The van der Waals surface area contributed by atoms with Gasteiger partial charge in [0.15, 0.2) is 5.96 Å². The molecule has 0 heterocycles. The highest BCUT2D eigenvalue weighted by Gasteiger charge is 2.14. The minimum Gasteiger partial charge on any atom is -0.370 e. The summed E-state index contributed by atoms with van der Waals surface area (Å²) in [6.45, 7) is 2.02. The highest BCUT2D eigenvalue weighted by molar-refractivity contribution is 5.84. The van der Waals surface area contributed by atoms with Crippen molar-refractivity contribution in [3.8, 4) is 0 Å². The molecule has 0 aliphatic carbocycles. The number of aldehydes is 1. The molecule has 0 bridgehead atoms. The molecule has 0 aromatic rings. The molecule has 2 atom stereocenters. The molecule has 7 N–H and O–H groups in total. The lowest BCUT2D eigenvalue weighted by atomic mass is 10.1. The van der Waals surface area contributed by atoms with Gasteiger partial charge < -0.3 is 27.3 Å². The number of carbonyl (C=O) groups excluding carboxylic acids is 2. The van der Waals surface area contributed by atoms with Crippen molar-refractivity contribution in [1.29, 1.82) is 0 Å². The van der Waals surface area contributed by atoms with Crippen LogP contribution in [-0.4, -0.2) is 36.8 Å². The topological polar surface area (TPSA) is 137 Å². The molecule has 7 heteroatoms. The fourth-order valence-electron chi connectivity index (χ4n) is 1.02. The zero-order chi connectivity index (χ0) is 12.6. The lowest BCUT2D eigenvalue weighted by Gasteiger charge is -2.13. The summed E-state index contributed by atoms with van der Waals surface area (Å²) in [7, 11) is 0. The SMILES string of the molecule is C[C@@H](C=O)NC(=O)[C@H](N)CCCN=C(N)N. The second kappa shape index (κ2) is 7.63. The molecule has 0 saturated heterocycles. The van der Waals surface area contributed by atoms with E-state index in [1.54, 1.807) is 6.92 Å². The van der Waals surface area contributed by atoms with Gasteiger partial charge in [0.1, 0.15) is 6.29 Å². The molecular weight excluding hydrogens is 210 g/mol. The van der Waals surface area contributed by atoms with Crippen LogP contribution < -0.4 is 22.5 Å². The third kappa shape index (κ3) is 6.77. The molecule has 0 rings (SSSR count). The molecule has 92 valence electrons. The molecule has 0 aliphatic heterocycles. The van der Waals surface area contributed by atoms with E-state index in [1.807, 2.05) is 0 Å². The van der Waals surface area contributed by atoms with Gasteiger partial charge in [0.25, 0.3) is 0 Å². The smallest absolute Gasteiger partial charge is 0.237 e. The summed E-state index contributed by atoms with van der Waals surface area (Å²) in [5.74, 6) is -0.322. The third-order valence-electron chi connectivity index (χ3n) is 1.88. The highest BCUT2D eigenvalue weighted by Crippen LogP contribution is 1.95. The molecule has 0 aromatic carbocycles. The maximum absolute atomic E-state index is 11.4. The van der Waals surface area contributed by atoms with Crippen molar-refractivity contribution in [3.05, 3.63) is 0 Å². The first-order chi connectivity index (χ1) is 7.47. The van der Waals surface area contributed by atoms with E-state index < -0.39 is 12.1 Å². The molecule has 0 unspecified atom stereocenters. The monoisotopic (exact) mass is 229 g/mol. The van der Waals surface area contributed by atoms with Crippen LogP contribution in [0.5, 0.6) is 0 Å². The van der Waals surface area contributed by atoms with Crippen LogP contribution >= 0.6 is 0 Å². The normalized spacial score (nSPS) is 13.6.